The molecular weight excluding hydrogens is 289 g/mol. The summed E-state index contributed by atoms with van der Waals surface area (Å²) in [6, 6.07) is 5.86. The number of rotatable bonds is 2. The van der Waals surface area contributed by atoms with Gasteiger partial charge in [0.25, 0.3) is 0 Å². The van der Waals surface area contributed by atoms with Crippen molar-refractivity contribution >= 4 is 27.5 Å². The van der Waals surface area contributed by atoms with Crippen molar-refractivity contribution in [1.82, 2.24) is 5.32 Å². The van der Waals surface area contributed by atoms with Gasteiger partial charge in [0.15, 0.2) is 0 Å². The number of hydrogen-bond donors (Lipinski definition) is 2. The number of nitrogens with one attached hydrogen (secondary N) is 1. The maximum atomic E-state index is 10.4. The van der Waals surface area contributed by atoms with Crippen LogP contribution in [0.3, 0.4) is 0 Å². The summed E-state index contributed by atoms with van der Waals surface area (Å²) in [6.45, 7) is 1.78. The van der Waals surface area contributed by atoms with E-state index in [4.69, 9.17) is 11.6 Å². The topological polar surface area (TPSA) is 32.3 Å². The van der Waals surface area contributed by atoms with E-state index in [0.717, 1.165) is 36.0 Å². The predicted octanol–water partition coefficient (Wildman–Crippen LogP) is 2.76. The fourth-order valence-corrected chi connectivity index (χ4v) is 2.55. The first-order valence-electron chi connectivity index (χ1n) is 5.46. The lowest BCUT2D eigenvalue weighted by Crippen LogP contribution is -2.43. The summed E-state index contributed by atoms with van der Waals surface area (Å²) < 4.78 is 0.898. The summed E-state index contributed by atoms with van der Waals surface area (Å²) in [6.07, 6.45) is 2.29. The van der Waals surface area contributed by atoms with Gasteiger partial charge in [0.1, 0.15) is 0 Å². The molecule has 2 rings (SSSR count). The molecule has 0 atom stereocenters. The zero-order valence-electron chi connectivity index (χ0n) is 8.97. The molecule has 0 spiro atoms. The highest BCUT2D eigenvalue weighted by atomic mass is 79.9. The predicted molar refractivity (Wildman–Crippen MR) is 69.9 cm³/mol. The zero-order valence-corrected chi connectivity index (χ0v) is 11.3. The Morgan fingerprint density at radius 3 is 2.69 bits per heavy atom. The molecular formula is C12H15BrClNO. The Bertz CT molecular complexity index is 377. The van der Waals surface area contributed by atoms with Gasteiger partial charge < -0.3 is 10.4 Å². The molecule has 2 nitrogen and oxygen atoms in total. The van der Waals surface area contributed by atoms with Crippen molar-refractivity contribution < 1.29 is 5.11 Å². The summed E-state index contributed by atoms with van der Waals surface area (Å²) in [7, 11) is 0. The second-order valence-electron chi connectivity index (χ2n) is 4.40. The van der Waals surface area contributed by atoms with Gasteiger partial charge in [0, 0.05) is 10.9 Å². The Hall–Kier alpha value is -0.0900. The number of aliphatic hydroxyl groups is 1. The normalized spacial score (nSPS) is 19.7. The van der Waals surface area contributed by atoms with Crippen LogP contribution in [-0.2, 0) is 6.42 Å². The number of hydrogen-bond acceptors (Lipinski definition) is 2. The van der Waals surface area contributed by atoms with Crippen LogP contribution in [0.4, 0.5) is 0 Å². The minimum Gasteiger partial charge on any atom is -0.389 e. The molecule has 1 saturated heterocycles. The molecule has 0 bridgehead atoms. The van der Waals surface area contributed by atoms with Crippen molar-refractivity contribution in [3.05, 3.63) is 33.3 Å². The van der Waals surface area contributed by atoms with Gasteiger partial charge in [-0.05, 0) is 59.6 Å². The van der Waals surface area contributed by atoms with Gasteiger partial charge in [-0.2, -0.15) is 0 Å². The first-order chi connectivity index (χ1) is 7.59. The maximum absolute atomic E-state index is 10.4. The molecule has 1 aromatic carbocycles. The van der Waals surface area contributed by atoms with Crippen molar-refractivity contribution in [3.8, 4) is 0 Å². The Balaban J connectivity index is 2.10. The smallest absolute Gasteiger partial charge is 0.0712 e. The fraction of sp³-hybridized carbons (Fsp3) is 0.500. The summed E-state index contributed by atoms with van der Waals surface area (Å²) in [5.74, 6) is 0. The highest BCUT2D eigenvalue weighted by Crippen LogP contribution is 2.28. The minimum atomic E-state index is -0.567. The molecule has 16 heavy (non-hydrogen) atoms. The second-order valence-corrected chi connectivity index (χ2v) is 5.66. The Morgan fingerprint density at radius 2 is 2.06 bits per heavy atom. The van der Waals surface area contributed by atoms with E-state index in [0.29, 0.717) is 11.4 Å². The van der Waals surface area contributed by atoms with E-state index in [9.17, 15) is 5.11 Å². The maximum Gasteiger partial charge on any atom is 0.0712 e. The van der Waals surface area contributed by atoms with Crippen LogP contribution in [0.15, 0.2) is 22.7 Å². The minimum absolute atomic E-state index is 0.567. The molecule has 1 aliphatic heterocycles. The molecule has 4 heteroatoms. The molecule has 1 heterocycles. The fourth-order valence-electron chi connectivity index (χ4n) is 2.10. The van der Waals surface area contributed by atoms with Crippen molar-refractivity contribution in [2.24, 2.45) is 0 Å². The summed E-state index contributed by atoms with van der Waals surface area (Å²) in [5, 5.41) is 14.3. The van der Waals surface area contributed by atoms with Gasteiger partial charge >= 0.3 is 0 Å². The Labute approximate surface area is 109 Å². The molecule has 2 N–H and O–H groups in total. The van der Waals surface area contributed by atoms with Gasteiger partial charge in [0.2, 0.25) is 0 Å². The van der Waals surface area contributed by atoms with Gasteiger partial charge in [-0.1, -0.05) is 17.7 Å². The summed E-state index contributed by atoms with van der Waals surface area (Å²) in [5.41, 5.74) is 0.528. The lowest BCUT2D eigenvalue weighted by Gasteiger charge is -2.32. The highest BCUT2D eigenvalue weighted by molar-refractivity contribution is 9.10. The largest absolute Gasteiger partial charge is 0.389 e. The third kappa shape index (κ3) is 2.98. The average molecular weight is 305 g/mol. The summed E-state index contributed by atoms with van der Waals surface area (Å²) in [4.78, 5) is 0. The van der Waals surface area contributed by atoms with E-state index in [1.165, 1.54) is 0 Å². The van der Waals surface area contributed by atoms with Crippen LogP contribution in [0.2, 0.25) is 5.02 Å². The molecule has 1 aliphatic rings. The van der Waals surface area contributed by atoms with Crippen LogP contribution < -0.4 is 5.32 Å². The molecule has 0 radical (unpaired) electrons. The van der Waals surface area contributed by atoms with Crippen LogP contribution in [0.1, 0.15) is 18.4 Å². The van der Waals surface area contributed by atoms with Crippen molar-refractivity contribution in [2.75, 3.05) is 13.1 Å². The second kappa shape index (κ2) is 5.05. The van der Waals surface area contributed by atoms with Gasteiger partial charge in [-0.25, -0.2) is 0 Å². The molecule has 1 fully saturated rings. The molecule has 1 aromatic rings. The summed E-state index contributed by atoms with van der Waals surface area (Å²) >= 11 is 9.40. The van der Waals surface area contributed by atoms with Gasteiger partial charge in [0.05, 0.1) is 10.6 Å². The molecule has 88 valence electrons. The van der Waals surface area contributed by atoms with E-state index in [1.807, 2.05) is 18.2 Å². The van der Waals surface area contributed by atoms with Crippen molar-refractivity contribution in [2.45, 2.75) is 24.9 Å². The highest BCUT2D eigenvalue weighted by Gasteiger charge is 2.29. The average Bonchev–Trinajstić information content (AvgIpc) is 2.24. The van der Waals surface area contributed by atoms with Crippen molar-refractivity contribution in [3.63, 3.8) is 0 Å². The first-order valence-corrected chi connectivity index (χ1v) is 6.63. The zero-order chi connectivity index (χ0) is 11.6. The molecule has 0 saturated carbocycles. The van der Waals surface area contributed by atoms with Crippen LogP contribution in [-0.4, -0.2) is 23.8 Å². The van der Waals surface area contributed by atoms with Crippen LogP contribution in [0.5, 0.6) is 0 Å². The van der Waals surface area contributed by atoms with Gasteiger partial charge in [-0.3, -0.25) is 0 Å². The van der Waals surface area contributed by atoms with E-state index >= 15 is 0 Å². The number of halogens is 2. The Morgan fingerprint density at radius 1 is 1.38 bits per heavy atom. The van der Waals surface area contributed by atoms with Crippen LogP contribution in [0, 0.1) is 0 Å². The van der Waals surface area contributed by atoms with Crippen molar-refractivity contribution in [1.29, 1.82) is 0 Å². The molecule has 0 aliphatic carbocycles. The third-order valence-corrected chi connectivity index (χ3v) is 4.28. The molecule has 0 aromatic heterocycles. The van der Waals surface area contributed by atoms with E-state index in [1.54, 1.807) is 0 Å². The first kappa shape index (κ1) is 12.4. The van der Waals surface area contributed by atoms with E-state index < -0.39 is 5.60 Å². The number of piperidine rings is 1. The van der Waals surface area contributed by atoms with Crippen LogP contribution >= 0.6 is 27.5 Å². The third-order valence-electron chi connectivity index (χ3n) is 3.05. The number of benzene rings is 1. The Kier molecular flexibility index (Phi) is 3.90. The molecule has 0 amide bonds. The van der Waals surface area contributed by atoms with E-state index in [-0.39, 0.29) is 0 Å². The molecule has 0 unspecified atom stereocenters. The van der Waals surface area contributed by atoms with Gasteiger partial charge in [-0.15, -0.1) is 0 Å². The lowest BCUT2D eigenvalue weighted by molar-refractivity contribution is 0.0109. The SMILES string of the molecule is OC1(Cc2ccc(Br)c(Cl)c2)CCNCC1. The monoisotopic (exact) mass is 303 g/mol. The van der Waals surface area contributed by atoms with E-state index in [2.05, 4.69) is 21.2 Å². The van der Waals surface area contributed by atoms with Crippen LogP contribution in [0.25, 0.3) is 0 Å². The quantitative estimate of drug-likeness (QED) is 0.880. The standard InChI is InChI=1S/C12H15BrClNO/c13-10-2-1-9(7-11(10)14)8-12(16)3-5-15-6-4-12/h1-2,7,15-16H,3-6,8H2. The lowest BCUT2D eigenvalue weighted by atomic mass is 9.86.